The maximum Gasteiger partial charge on any atom is 0.278 e. The van der Waals surface area contributed by atoms with Crippen LogP contribution in [0, 0.1) is 0 Å². The molecule has 8 heteroatoms. The van der Waals surface area contributed by atoms with Crippen molar-refractivity contribution in [3.05, 3.63) is 75.8 Å². The summed E-state index contributed by atoms with van der Waals surface area (Å²) in [5.41, 5.74) is 1.78. The molecule has 0 atom stereocenters. The molecule has 1 aromatic carbocycles. The fourth-order valence-corrected chi connectivity index (χ4v) is 2.66. The molecule has 0 N–H and O–H groups in total. The Labute approximate surface area is 148 Å². The second-order valence-electron chi connectivity index (χ2n) is 5.05. The molecule has 3 aromatic rings. The van der Waals surface area contributed by atoms with Crippen molar-refractivity contribution in [1.29, 1.82) is 0 Å². The van der Waals surface area contributed by atoms with Crippen LogP contribution in [0.2, 0.25) is 10.0 Å². The van der Waals surface area contributed by atoms with Crippen molar-refractivity contribution in [2.24, 2.45) is 0 Å². The molecular weight excluding hydrogens is 351 g/mol. The Morgan fingerprint density at radius 3 is 2.71 bits per heavy atom. The molecule has 24 heavy (non-hydrogen) atoms. The largest absolute Gasteiger partial charge is 0.328 e. The van der Waals surface area contributed by atoms with Crippen LogP contribution in [0.3, 0.4) is 0 Å². The monoisotopic (exact) mass is 362 g/mol. The van der Waals surface area contributed by atoms with E-state index in [1.54, 1.807) is 35.5 Å². The Balaban J connectivity index is 1.87. The summed E-state index contributed by atoms with van der Waals surface area (Å²) >= 11 is 12.1. The second kappa shape index (κ2) is 7.42. The molecule has 0 unspecified atom stereocenters. The van der Waals surface area contributed by atoms with Gasteiger partial charge >= 0.3 is 0 Å². The van der Waals surface area contributed by atoms with Crippen molar-refractivity contribution in [3.63, 3.8) is 0 Å². The van der Waals surface area contributed by atoms with Crippen molar-refractivity contribution < 1.29 is 9.42 Å². The van der Waals surface area contributed by atoms with E-state index in [-0.39, 0.29) is 18.1 Å². The van der Waals surface area contributed by atoms with Gasteiger partial charge in [0, 0.05) is 35.5 Å². The number of pyridine rings is 1. The van der Waals surface area contributed by atoms with Crippen LogP contribution in [0.4, 0.5) is 0 Å². The zero-order chi connectivity index (χ0) is 16.9. The highest BCUT2D eigenvalue weighted by Gasteiger charge is 2.21. The minimum atomic E-state index is -0.314. The summed E-state index contributed by atoms with van der Waals surface area (Å²) in [7, 11) is 0. The van der Waals surface area contributed by atoms with Crippen LogP contribution in [0.25, 0.3) is 0 Å². The molecule has 122 valence electrons. The summed E-state index contributed by atoms with van der Waals surface area (Å²) in [5.74, 6) is -0.314. The van der Waals surface area contributed by atoms with E-state index in [1.165, 1.54) is 6.20 Å². The zero-order valence-electron chi connectivity index (χ0n) is 12.4. The van der Waals surface area contributed by atoms with Crippen molar-refractivity contribution in [3.8, 4) is 0 Å². The third kappa shape index (κ3) is 3.90. The number of hydrogen-bond acceptors (Lipinski definition) is 5. The third-order valence-electron chi connectivity index (χ3n) is 3.34. The van der Waals surface area contributed by atoms with E-state index in [1.807, 2.05) is 12.1 Å². The van der Waals surface area contributed by atoms with Crippen LogP contribution in [0.15, 0.2) is 53.6 Å². The summed E-state index contributed by atoms with van der Waals surface area (Å²) < 4.78 is 4.52. The first-order chi connectivity index (χ1) is 11.6. The number of benzene rings is 1. The van der Waals surface area contributed by atoms with Gasteiger partial charge in [-0.05, 0) is 34.5 Å². The fraction of sp³-hybridized carbons (Fsp3) is 0.125. The lowest BCUT2D eigenvalue weighted by molar-refractivity contribution is 0.0718. The standard InChI is InChI=1S/C16H12Cl2N4O2/c17-13-4-3-12(14(18)6-13)10-22(9-11-2-1-5-19-7-11)16(23)15-8-20-24-21-15/h1-8H,9-10H2. The highest BCUT2D eigenvalue weighted by Crippen LogP contribution is 2.23. The van der Waals surface area contributed by atoms with Gasteiger partial charge in [0.2, 0.25) is 0 Å². The van der Waals surface area contributed by atoms with Crippen LogP contribution in [0.1, 0.15) is 21.6 Å². The normalized spacial score (nSPS) is 10.6. The first-order valence-electron chi connectivity index (χ1n) is 7.03. The molecule has 0 spiro atoms. The Hall–Kier alpha value is -2.44. The quantitative estimate of drug-likeness (QED) is 0.692. The maximum absolute atomic E-state index is 12.7. The predicted octanol–water partition coefficient (Wildman–Crippen LogP) is 3.61. The smallest absolute Gasteiger partial charge is 0.278 e. The number of carbonyl (C=O) groups is 1. The van der Waals surface area contributed by atoms with Crippen LogP contribution in [-0.4, -0.2) is 26.1 Å². The number of carbonyl (C=O) groups excluding carboxylic acids is 1. The van der Waals surface area contributed by atoms with E-state index in [0.29, 0.717) is 16.6 Å². The van der Waals surface area contributed by atoms with Crippen LogP contribution >= 0.6 is 23.2 Å². The minimum Gasteiger partial charge on any atom is -0.328 e. The minimum absolute atomic E-state index is 0.129. The van der Waals surface area contributed by atoms with E-state index in [2.05, 4.69) is 19.9 Å². The average molecular weight is 363 g/mol. The molecule has 0 aliphatic carbocycles. The van der Waals surface area contributed by atoms with Crippen molar-refractivity contribution in [2.45, 2.75) is 13.1 Å². The Bertz CT molecular complexity index is 825. The van der Waals surface area contributed by atoms with Gasteiger partial charge in [0.15, 0.2) is 5.69 Å². The fourth-order valence-electron chi connectivity index (χ4n) is 2.19. The first-order valence-corrected chi connectivity index (χ1v) is 7.79. The first kappa shape index (κ1) is 16.4. The number of rotatable bonds is 5. The second-order valence-corrected chi connectivity index (χ2v) is 5.89. The molecule has 0 fully saturated rings. The average Bonchev–Trinajstić information content (AvgIpc) is 3.11. The van der Waals surface area contributed by atoms with Gasteiger partial charge in [0.1, 0.15) is 6.20 Å². The lowest BCUT2D eigenvalue weighted by Gasteiger charge is -2.22. The Kier molecular flexibility index (Phi) is 5.08. The predicted molar refractivity (Wildman–Crippen MR) is 88.6 cm³/mol. The Morgan fingerprint density at radius 2 is 2.04 bits per heavy atom. The summed E-state index contributed by atoms with van der Waals surface area (Å²) in [6, 6.07) is 8.86. The SMILES string of the molecule is O=C(c1cnon1)N(Cc1cccnc1)Cc1ccc(Cl)cc1Cl. The van der Waals surface area contributed by atoms with Crippen LogP contribution < -0.4 is 0 Å². The van der Waals surface area contributed by atoms with E-state index < -0.39 is 0 Å². The van der Waals surface area contributed by atoms with E-state index >= 15 is 0 Å². The van der Waals surface area contributed by atoms with Gasteiger partial charge in [-0.3, -0.25) is 9.78 Å². The topological polar surface area (TPSA) is 72.1 Å². The van der Waals surface area contributed by atoms with Crippen molar-refractivity contribution in [2.75, 3.05) is 0 Å². The molecule has 1 amide bonds. The number of aromatic nitrogens is 3. The van der Waals surface area contributed by atoms with Crippen molar-refractivity contribution in [1.82, 2.24) is 20.2 Å². The van der Waals surface area contributed by atoms with E-state index in [0.717, 1.165) is 11.1 Å². The molecule has 2 aromatic heterocycles. The van der Waals surface area contributed by atoms with Gasteiger partial charge in [-0.1, -0.05) is 40.5 Å². The highest BCUT2D eigenvalue weighted by atomic mass is 35.5. The lowest BCUT2D eigenvalue weighted by Crippen LogP contribution is -2.30. The molecular formula is C16H12Cl2N4O2. The van der Waals surface area contributed by atoms with Gasteiger partial charge in [0.25, 0.3) is 5.91 Å². The molecule has 0 saturated carbocycles. The Morgan fingerprint density at radius 1 is 1.17 bits per heavy atom. The van der Waals surface area contributed by atoms with Gasteiger partial charge in [-0.15, -0.1) is 0 Å². The molecule has 6 nitrogen and oxygen atoms in total. The molecule has 0 radical (unpaired) electrons. The summed E-state index contributed by atoms with van der Waals surface area (Å²) in [6.07, 6.45) is 4.65. The van der Waals surface area contributed by atoms with Gasteiger partial charge in [0.05, 0.1) is 0 Å². The van der Waals surface area contributed by atoms with Gasteiger partial charge in [-0.25, -0.2) is 4.63 Å². The molecule has 2 heterocycles. The zero-order valence-corrected chi connectivity index (χ0v) is 13.9. The number of halogens is 2. The number of amides is 1. The maximum atomic E-state index is 12.7. The van der Waals surface area contributed by atoms with E-state index in [9.17, 15) is 4.79 Å². The molecule has 3 rings (SSSR count). The molecule has 0 aliphatic rings. The molecule has 0 saturated heterocycles. The number of nitrogens with zero attached hydrogens (tertiary/aromatic N) is 4. The lowest BCUT2D eigenvalue weighted by atomic mass is 10.2. The van der Waals surface area contributed by atoms with Crippen LogP contribution in [0.5, 0.6) is 0 Å². The highest BCUT2D eigenvalue weighted by molar-refractivity contribution is 6.35. The summed E-state index contributed by atoms with van der Waals surface area (Å²) in [4.78, 5) is 18.3. The summed E-state index contributed by atoms with van der Waals surface area (Å²) in [5, 5.41) is 8.12. The molecule has 0 bridgehead atoms. The van der Waals surface area contributed by atoms with Gasteiger partial charge in [-0.2, -0.15) is 0 Å². The summed E-state index contributed by atoms with van der Waals surface area (Å²) in [6.45, 7) is 0.634. The van der Waals surface area contributed by atoms with Gasteiger partial charge < -0.3 is 4.90 Å². The third-order valence-corrected chi connectivity index (χ3v) is 3.93. The molecule has 0 aliphatic heterocycles. The number of hydrogen-bond donors (Lipinski definition) is 0. The van der Waals surface area contributed by atoms with Crippen molar-refractivity contribution >= 4 is 29.1 Å². The van der Waals surface area contributed by atoms with E-state index in [4.69, 9.17) is 23.2 Å². The van der Waals surface area contributed by atoms with Crippen LogP contribution in [-0.2, 0) is 13.1 Å².